The van der Waals surface area contributed by atoms with Crippen molar-refractivity contribution in [2.45, 2.75) is 19.3 Å². The van der Waals surface area contributed by atoms with Crippen molar-refractivity contribution < 1.29 is 4.74 Å². The number of benzene rings is 8. The van der Waals surface area contributed by atoms with Crippen LogP contribution in [0, 0.1) is 0 Å². The minimum atomic E-state index is -0.102. The summed E-state index contributed by atoms with van der Waals surface area (Å²) in [6.45, 7) is 4.68. The van der Waals surface area contributed by atoms with E-state index in [9.17, 15) is 0 Å². The second-order valence-electron chi connectivity index (χ2n) is 15.4. The second-order valence-corrected chi connectivity index (χ2v) is 15.4. The first kappa shape index (κ1) is 30.4. The highest BCUT2D eigenvalue weighted by Crippen LogP contribution is 2.53. The maximum Gasteiger partial charge on any atom is 0.152 e. The van der Waals surface area contributed by atoms with Gasteiger partial charge < -0.3 is 18.8 Å². The third kappa shape index (κ3) is 4.11. The van der Waals surface area contributed by atoms with Crippen LogP contribution in [0.1, 0.15) is 25.0 Å². The van der Waals surface area contributed by atoms with Crippen LogP contribution in [0.4, 0.5) is 17.1 Å². The van der Waals surface area contributed by atoms with E-state index in [1.165, 1.54) is 71.7 Å². The molecule has 55 heavy (non-hydrogen) atoms. The number of rotatable bonds is 3. The van der Waals surface area contributed by atoms with Crippen LogP contribution in [-0.2, 0) is 5.41 Å². The minimum absolute atomic E-state index is 0.102. The van der Waals surface area contributed by atoms with Gasteiger partial charge in [-0.15, -0.1) is 0 Å². The Bertz CT molecular complexity index is 3170. The van der Waals surface area contributed by atoms with Crippen molar-refractivity contribution >= 4 is 60.7 Å². The van der Waals surface area contributed by atoms with Crippen LogP contribution >= 0.6 is 0 Å². The van der Waals surface area contributed by atoms with Gasteiger partial charge in [-0.25, -0.2) is 0 Å². The van der Waals surface area contributed by atoms with Gasteiger partial charge in [0.1, 0.15) is 0 Å². The fraction of sp³-hybridized carbons (Fsp3) is 0.0588. The van der Waals surface area contributed by atoms with Gasteiger partial charge in [0.2, 0.25) is 0 Å². The Morgan fingerprint density at radius 3 is 1.76 bits per heavy atom. The van der Waals surface area contributed by atoms with Crippen LogP contribution in [-0.4, -0.2) is 9.13 Å². The number of para-hydroxylation sites is 6. The Labute approximate surface area is 318 Å². The Balaban J connectivity index is 1.01. The van der Waals surface area contributed by atoms with Gasteiger partial charge in [-0.1, -0.05) is 111 Å². The molecule has 2 aliphatic heterocycles. The number of aromatic nitrogens is 2. The van der Waals surface area contributed by atoms with Crippen molar-refractivity contribution in [2.75, 3.05) is 4.90 Å². The predicted octanol–water partition coefficient (Wildman–Crippen LogP) is 13.8. The summed E-state index contributed by atoms with van der Waals surface area (Å²) in [6, 6.07) is 63.9. The molecular weight excluding hydrogens is 671 g/mol. The van der Waals surface area contributed by atoms with Gasteiger partial charge in [0.05, 0.1) is 39.1 Å². The molecule has 0 unspecified atom stereocenters. The largest absolute Gasteiger partial charge is 0.453 e. The van der Waals surface area contributed by atoms with Crippen molar-refractivity contribution in [3.8, 4) is 34.0 Å². The molecule has 0 saturated heterocycles. The van der Waals surface area contributed by atoms with Crippen molar-refractivity contribution in [2.24, 2.45) is 0 Å². The standard InChI is InChI=1S/C51H35N3O/c1-51(2)39-15-5-9-19-44(39)53(45-20-10-6-16-40(45)51)34-27-29-43-38(31-34)36-13-3-7-17-41(36)52(43)33-25-23-32(24-26-33)35-28-30-48-50-49(35)37-14-4-8-18-42(37)54(50)46-21-11-12-22-47(46)55-48/h3-31H,1-2H3. The maximum absolute atomic E-state index is 6.48. The maximum atomic E-state index is 6.48. The van der Waals surface area contributed by atoms with Crippen LogP contribution in [0.3, 0.4) is 0 Å². The quantitative estimate of drug-likeness (QED) is 0.183. The number of nitrogens with zero attached hydrogens (tertiary/aromatic N) is 3. The zero-order chi connectivity index (χ0) is 36.4. The summed E-state index contributed by atoms with van der Waals surface area (Å²) < 4.78 is 11.3. The lowest BCUT2D eigenvalue weighted by molar-refractivity contribution is 0.476. The Hall–Kier alpha value is -7.04. The highest BCUT2D eigenvalue weighted by atomic mass is 16.5. The average Bonchev–Trinajstić information content (AvgIpc) is 3.76. The molecule has 10 aromatic rings. The van der Waals surface area contributed by atoms with Gasteiger partial charge in [0.25, 0.3) is 0 Å². The molecule has 0 amide bonds. The Morgan fingerprint density at radius 1 is 0.436 bits per heavy atom. The predicted molar refractivity (Wildman–Crippen MR) is 227 cm³/mol. The molecule has 0 spiro atoms. The topological polar surface area (TPSA) is 22.3 Å². The summed E-state index contributed by atoms with van der Waals surface area (Å²) in [5.41, 5.74) is 15.4. The smallest absolute Gasteiger partial charge is 0.152 e. The van der Waals surface area contributed by atoms with Crippen molar-refractivity contribution in [3.63, 3.8) is 0 Å². The van der Waals surface area contributed by atoms with E-state index in [0.717, 1.165) is 34.1 Å². The Kier molecular flexibility index (Phi) is 6.09. The third-order valence-electron chi connectivity index (χ3n) is 12.1. The van der Waals surface area contributed by atoms with Gasteiger partial charge >= 0.3 is 0 Å². The summed E-state index contributed by atoms with van der Waals surface area (Å²) in [5.74, 6) is 1.76. The van der Waals surface area contributed by atoms with Crippen LogP contribution < -0.4 is 9.64 Å². The fourth-order valence-corrected chi connectivity index (χ4v) is 9.60. The molecule has 0 bridgehead atoms. The van der Waals surface area contributed by atoms with Gasteiger partial charge in [-0.05, 0) is 101 Å². The molecule has 0 aliphatic carbocycles. The monoisotopic (exact) mass is 705 g/mol. The number of ether oxygens (including phenoxy) is 1. The van der Waals surface area contributed by atoms with Crippen LogP contribution in [0.2, 0.25) is 0 Å². The van der Waals surface area contributed by atoms with E-state index in [0.29, 0.717) is 0 Å². The van der Waals surface area contributed by atoms with Crippen LogP contribution in [0.25, 0.3) is 66.1 Å². The molecule has 0 atom stereocenters. The molecule has 4 heteroatoms. The zero-order valence-electron chi connectivity index (χ0n) is 30.5. The van der Waals surface area contributed by atoms with E-state index in [4.69, 9.17) is 4.74 Å². The molecule has 260 valence electrons. The third-order valence-corrected chi connectivity index (χ3v) is 12.1. The summed E-state index contributed by atoms with van der Waals surface area (Å²) in [4.78, 5) is 2.45. The van der Waals surface area contributed by atoms with Crippen molar-refractivity contribution in [3.05, 3.63) is 187 Å². The summed E-state index contributed by atoms with van der Waals surface area (Å²) >= 11 is 0. The molecule has 0 radical (unpaired) electrons. The molecule has 0 fully saturated rings. The highest BCUT2D eigenvalue weighted by molar-refractivity contribution is 6.18. The van der Waals surface area contributed by atoms with Crippen molar-refractivity contribution in [1.82, 2.24) is 9.13 Å². The lowest BCUT2D eigenvalue weighted by atomic mass is 9.73. The van der Waals surface area contributed by atoms with Gasteiger partial charge in [0.15, 0.2) is 11.5 Å². The number of anilines is 3. The molecule has 8 aromatic carbocycles. The summed E-state index contributed by atoms with van der Waals surface area (Å²) in [7, 11) is 0. The van der Waals surface area contributed by atoms with Gasteiger partial charge in [0, 0.05) is 38.3 Å². The molecular formula is C51H35N3O. The number of fused-ring (bicyclic) bond motifs is 10. The molecule has 4 heterocycles. The van der Waals surface area contributed by atoms with E-state index in [-0.39, 0.29) is 5.41 Å². The van der Waals surface area contributed by atoms with E-state index in [1.807, 2.05) is 12.1 Å². The van der Waals surface area contributed by atoms with E-state index in [1.54, 1.807) is 0 Å². The van der Waals surface area contributed by atoms with Gasteiger partial charge in [-0.3, -0.25) is 0 Å². The minimum Gasteiger partial charge on any atom is -0.453 e. The van der Waals surface area contributed by atoms with E-state index >= 15 is 0 Å². The normalized spacial score (nSPS) is 13.9. The number of hydrogen-bond acceptors (Lipinski definition) is 2. The molecule has 2 aromatic heterocycles. The fourth-order valence-electron chi connectivity index (χ4n) is 9.60. The van der Waals surface area contributed by atoms with E-state index < -0.39 is 0 Å². The lowest BCUT2D eigenvalue weighted by Crippen LogP contribution is -2.30. The van der Waals surface area contributed by atoms with Crippen molar-refractivity contribution in [1.29, 1.82) is 0 Å². The van der Waals surface area contributed by atoms with Crippen LogP contribution in [0.5, 0.6) is 11.5 Å². The first-order chi connectivity index (χ1) is 27.1. The average molecular weight is 706 g/mol. The first-order valence-electron chi connectivity index (χ1n) is 19.0. The van der Waals surface area contributed by atoms with E-state index in [2.05, 4.69) is 192 Å². The number of hydrogen-bond donors (Lipinski definition) is 0. The molecule has 0 saturated carbocycles. The Morgan fingerprint density at radius 2 is 1.02 bits per heavy atom. The summed E-state index contributed by atoms with van der Waals surface area (Å²) in [5, 5.41) is 4.91. The van der Waals surface area contributed by atoms with Crippen LogP contribution in [0.15, 0.2) is 176 Å². The summed E-state index contributed by atoms with van der Waals surface area (Å²) in [6.07, 6.45) is 0. The first-order valence-corrected chi connectivity index (χ1v) is 19.0. The molecule has 4 nitrogen and oxygen atoms in total. The molecule has 2 aliphatic rings. The second kappa shape index (κ2) is 11.0. The SMILES string of the molecule is CC1(C)c2ccccc2N(c2ccc3c(c2)c2ccccc2n3-c2ccc(-c3ccc4c5c3c3ccccc3n5-c3ccccc3O4)cc2)c2ccccc21. The zero-order valence-corrected chi connectivity index (χ0v) is 30.5. The molecule has 12 rings (SSSR count). The lowest BCUT2D eigenvalue weighted by Gasteiger charge is -2.42. The van der Waals surface area contributed by atoms with Gasteiger partial charge in [-0.2, -0.15) is 0 Å². The highest BCUT2D eigenvalue weighted by Gasteiger charge is 2.36. The molecule has 0 N–H and O–H groups in total.